The molecule has 16 heavy (non-hydrogen) atoms. The molecule has 0 spiro atoms. The zero-order valence-corrected chi connectivity index (χ0v) is 11.0. The van der Waals surface area contributed by atoms with Crippen LogP contribution in [-0.4, -0.2) is 17.3 Å². The Bertz CT molecular complexity index is 333. The molecule has 90 valence electrons. The standard InChI is InChI=1S/C13H21NOS/c1-10-7-12(16-11(10)2)8-14-9-13(15)5-3-4-6-13/h7,14-15H,3-6,8-9H2,1-2H3. The molecule has 3 heteroatoms. The molecule has 2 nitrogen and oxygen atoms in total. The Morgan fingerprint density at radius 1 is 1.38 bits per heavy atom. The molecule has 1 aliphatic carbocycles. The van der Waals surface area contributed by atoms with E-state index in [0.717, 1.165) is 25.9 Å². The SMILES string of the molecule is Cc1cc(CNCC2(O)CCCC2)sc1C. The maximum absolute atomic E-state index is 10.2. The average molecular weight is 239 g/mol. The first-order chi connectivity index (χ1) is 7.59. The third kappa shape index (κ3) is 2.84. The van der Waals surface area contributed by atoms with Gasteiger partial charge in [-0.1, -0.05) is 12.8 Å². The molecule has 2 N–H and O–H groups in total. The van der Waals surface area contributed by atoms with E-state index in [1.807, 2.05) is 11.3 Å². The van der Waals surface area contributed by atoms with E-state index in [-0.39, 0.29) is 0 Å². The van der Waals surface area contributed by atoms with E-state index in [2.05, 4.69) is 25.2 Å². The van der Waals surface area contributed by atoms with Gasteiger partial charge < -0.3 is 10.4 Å². The summed E-state index contributed by atoms with van der Waals surface area (Å²) in [5.41, 5.74) is 0.947. The average Bonchev–Trinajstić information content (AvgIpc) is 2.76. The van der Waals surface area contributed by atoms with Crippen LogP contribution in [0.3, 0.4) is 0 Å². The predicted molar refractivity (Wildman–Crippen MR) is 68.9 cm³/mol. The fraction of sp³-hybridized carbons (Fsp3) is 0.692. The maximum Gasteiger partial charge on any atom is 0.0771 e. The summed E-state index contributed by atoms with van der Waals surface area (Å²) in [6, 6.07) is 2.24. The van der Waals surface area contributed by atoms with Gasteiger partial charge in [0.25, 0.3) is 0 Å². The minimum Gasteiger partial charge on any atom is -0.389 e. The smallest absolute Gasteiger partial charge is 0.0771 e. The molecule has 1 fully saturated rings. The lowest BCUT2D eigenvalue weighted by atomic mass is 10.0. The molecule has 1 aromatic rings. The normalized spacial score (nSPS) is 19.2. The zero-order valence-electron chi connectivity index (χ0n) is 10.2. The van der Waals surface area contributed by atoms with Crippen LogP contribution in [0.25, 0.3) is 0 Å². The Kier molecular flexibility index (Phi) is 3.67. The molecule has 0 saturated heterocycles. The van der Waals surface area contributed by atoms with E-state index in [4.69, 9.17) is 0 Å². The molecule has 0 unspecified atom stereocenters. The molecule has 2 rings (SSSR count). The summed E-state index contributed by atoms with van der Waals surface area (Å²) >= 11 is 1.85. The van der Waals surface area contributed by atoms with E-state index < -0.39 is 5.60 Å². The van der Waals surface area contributed by atoms with E-state index in [1.165, 1.54) is 28.2 Å². The molecule has 1 saturated carbocycles. The van der Waals surface area contributed by atoms with Gasteiger partial charge in [0, 0.05) is 22.8 Å². The predicted octanol–water partition coefficient (Wildman–Crippen LogP) is 2.76. The van der Waals surface area contributed by atoms with Crippen molar-refractivity contribution in [1.29, 1.82) is 0 Å². The zero-order chi connectivity index (χ0) is 11.6. The van der Waals surface area contributed by atoms with Crippen LogP contribution < -0.4 is 5.32 Å². The molecular weight excluding hydrogens is 218 g/mol. The van der Waals surface area contributed by atoms with Crippen molar-refractivity contribution >= 4 is 11.3 Å². The molecule has 0 bridgehead atoms. The molecule has 1 aliphatic rings. The van der Waals surface area contributed by atoms with Gasteiger partial charge in [-0.25, -0.2) is 0 Å². The minimum absolute atomic E-state index is 0.429. The van der Waals surface area contributed by atoms with Gasteiger partial charge in [-0.05, 0) is 38.3 Å². The van der Waals surface area contributed by atoms with E-state index in [0.29, 0.717) is 0 Å². The molecule has 0 aromatic carbocycles. The highest BCUT2D eigenvalue weighted by Gasteiger charge is 2.30. The fourth-order valence-corrected chi connectivity index (χ4v) is 3.39. The van der Waals surface area contributed by atoms with Gasteiger partial charge in [0.05, 0.1) is 5.60 Å². The van der Waals surface area contributed by atoms with Gasteiger partial charge >= 0.3 is 0 Å². The van der Waals surface area contributed by atoms with Gasteiger partial charge in [0.2, 0.25) is 0 Å². The van der Waals surface area contributed by atoms with Crippen molar-refractivity contribution in [2.45, 2.75) is 51.7 Å². The first-order valence-corrected chi connectivity index (χ1v) is 6.90. The summed E-state index contributed by atoms with van der Waals surface area (Å²) in [7, 11) is 0. The van der Waals surface area contributed by atoms with Crippen LogP contribution in [-0.2, 0) is 6.54 Å². The Labute approximate surface area is 102 Å². The van der Waals surface area contributed by atoms with E-state index in [9.17, 15) is 5.11 Å². The first kappa shape index (κ1) is 12.1. The van der Waals surface area contributed by atoms with Gasteiger partial charge in [-0.2, -0.15) is 0 Å². The van der Waals surface area contributed by atoms with Gasteiger partial charge in [0.15, 0.2) is 0 Å². The third-order valence-electron chi connectivity index (χ3n) is 3.50. The van der Waals surface area contributed by atoms with Crippen molar-refractivity contribution in [3.63, 3.8) is 0 Å². The van der Waals surface area contributed by atoms with Gasteiger partial charge in [0.1, 0.15) is 0 Å². The molecule has 1 aromatic heterocycles. The number of hydrogen-bond acceptors (Lipinski definition) is 3. The summed E-state index contributed by atoms with van der Waals surface area (Å²) in [6.07, 6.45) is 4.27. The topological polar surface area (TPSA) is 32.3 Å². The Morgan fingerprint density at radius 3 is 2.62 bits per heavy atom. The maximum atomic E-state index is 10.2. The van der Waals surface area contributed by atoms with Crippen molar-refractivity contribution < 1.29 is 5.11 Å². The second-order valence-corrected chi connectivity index (χ2v) is 6.33. The summed E-state index contributed by atoms with van der Waals surface area (Å²) in [4.78, 5) is 2.77. The molecule has 0 radical (unpaired) electrons. The van der Waals surface area contributed by atoms with Crippen molar-refractivity contribution in [3.8, 4) is 0 Å². The first-order valence-electron chi connectivity index (χ1n) is 6.08. The van der Waals surface area contributed by atoms with Crippen LogP contribution in [0, 0.1) is 13.8 Å². The number of hydrogen-bond donors (Lipinski definition) is 2. The van der Waals surface area contributed by atoms with Crippen LogP contribution in [0.1, 0.15) is 41.0 Å². The molecule has 0 atom stereocenters. The number of nitrogens with one attached hydrogen (secondary N) is 1. The largest absolute Gasteiger partial charge is 0.389 e. The highest BCUT2D eigenvalue weighted by Crippen LogP contribution is 2.28. The number of aliphatic hydroxyl groups is 1. The van der Waals surface area contributed by atoms with Crippen LogP contribution in [0.15, 0.2) is 6.07 Å². The monoisotopic (exact) mass is 239 g/mol. The molecule has 0 aliphatic heterocycles. The summed E-state index contributed by atoms with van der Waals surface area (Å²) in [5, 5.41) is 13.6. The molecule has 1 heterocycles. The van der Waals surface area contributed by atoms with E-state index >= 15 is 0 Å². The summed E-state index contributed by atoms with van der Waals surface area (Å²) in [6.45, 7) is 5.94. The fourth-order valence-electron chi connectivity index (χ4n) is 2.37. The molecular formula is C13H21NOS. The number of thiophene rings is 1. The number of rotatable bonds is 4. The van der Waals surface area contributed by atoms with Crippen molar-refractivity contribution in [2.24, 2.45) is 0 Å². The van der Waals surface area contributed by atoms with Gasteiger partial charge in [-0.3, -0.25) is 0 Å². The lowest BCUT2D eigenvalue weighted by Crippen LogP contribution is -2.37. The van der Waals surface area contributed by atoms with Crippen LogP contribution in [0.5, 0.6) is 0 Å². The summed E-state index contributed by atoms with van der Waals surface area (Å²) in [5.74, 6) is 0. The Hall–Kier alpha value is -0.380. The minimum atomic E-state index is -0.429. The lowest BCUT2D eigenvalue weighted by molar-refractivity contribution is 0.0475. The lowest BCUT2D eigenvalue weighted by Gasteiger charge is -2.22. The highest BCUT2D eigenvalue weighted by atomic mass is 32.1. The van der Waals surface area contributed by atoms with Gasteiger partial charge in [-0.15, -0.1) is 11.3 Å². The molecule has 0 amide bonds. The Balaban J connectivity index is 1.79. The van der Waals surface area contributed by atoms with Crippen LogP contribution >= 0.6 is 11.3 Å². The summed E-state index contributed by atoms with van der Waals surface area (Å²) < 4.78 is 0. The quantitative estimate of drug-likeness (QED) is 0.847. The van der Waals surface area contributed by atoms with Crippen LogP contribution in [0.2, 0.25) is 0 Å². The van der Waals surface area contributed by atoms with E-state index in [1.54, 1.807) is 0 Å². The second kappa shape index (κ2) is 4.86. The van der Waals surface area contributed by atoms with Crippen molar-refractivity contribution in [2.75, 3.05) is 6.54 Å². The second-order valence-electron chi connectivity index (χ2n) is 4.99. The Morgan fingerprint density at radius 2 is 2.06 bits per heavy atom. The van der Waals surface area contributed by atoms with Crippen molar-refractivity contribution in [1.82, 2.24) is 5.32 Å². The third-order valence-corrected chi connectivity index (χ3v) is 4.66. The highest BCUT2D eigenvalue weighted by molar-refractivity contribution is 7.12. The van der Waals surface area contributed by atoms with Crippen molar-refractivity contribution in [3.05, 3.63) is 21.4 Å². The van der Waals surface area contributed by atoms with Crippen LogP contribution in [0.4, 0.5) is 0 Å². The number of aryl methyl sites for hydroxylation is 2.